The van der Waals surface area contributed by atoms with Crippen molar-refractivity contribution in [3.05, 3.63) is 41.1 Å². The average Bonchev–Trinajstić information content (AvgIpc) is 3.17. The zero-order valence-corrected chi connectivity index (χ0v) is 19.5. The highest BCUT2D eigenvalue weighted by Crippen LogP contribution is 2.39. The quantitative estimate of drug-likeness (QED) is 0.685. The van der Waals surface area contributed by atoms with Crippen LogP contribution in [0.4, 0.5) is 16.3 Å². The molecule has 32 heavy (non-hydrogen) atoms. The average molecular weight is 439 g/mol. The number of nitrogens with zero attached hydrogens (tertiary/aromatic N) is 4. The van der Waals surface area contributed by atoms with E-state index in [0.717, 1.165) is 57.7 Å². The lowest BCUT2D eigenvalue weighted by molar-refractivity contribution is 0.0221. The third-order valence-corrected chi connectivity index (χ3v) is 6.62. The van der Waals surface area contributed by atoms with Crippen molar-refractivity contribution in [3.63, 3.8) is 0 Å². The van der Waals surface area contributed by atoms with Crippen molar-refractivity contribution in [2.45, 2.75) is 71.1 Å². The Kier molecular flexibility index (Phi) is 5.61. The van der Waals surface area contributed by atoms with Gasteiger partial charge in [-0.05, 0) is 58.1 Å². The molecular weight excluding hydrogens is 404 g/mol. The Bertz CT molecular complexity index is 988. The second-order valence-electron chi connectivity index (χ2n) is 10.1. The Morgan fingerprint density at radius 1 is 1.12 bits per heavy atom. The molecule has 172 valence electrons. The van der Waals surface area contributed by atoms with Gasteiger partial charge in [-0.1, -0.05) is 18.2 Å². The number of carbonyl (C=O) groups excluding carboxylic acids is 1. The highest BCUT2D eigenvalue weighted by atomic mass is 16.6. The molecule has 7 nitrogen and oxygen atoms in total. The first-order chi connectivity index (χ1) is 15.4. The topological polar surface area (TPSA) is 59.8 Å². The Morgan fingerprint density at radius 2 is 1.91 bits per heavy atom. The molecule has 0 unspecified atom stereocenters. The number of para-hydroxylation sites is 1. The third-order valence-electron chi connectivity index (χ3n) is 6.62. The number of fused-ring (bicyclic) bond motifs is 2. The van der Waals surface area contributed by atoms with Crippen LogP contribution in [-0.4, -0.2) is 52.7 Å². The van der Waals surface area contributed by atoms with Crippen molar-refractivity contribution in [1.29, 1.82) is 0 Å². The van der Waals surface area contributed by atoms with Gasteiger partial charge in [0.2, 0.25) is 0 Å². The lowest BCUT2D eigenvalue weighted by Gasteiger charge is -2.33. The van der Waals surface area contributed by atoms with E-state index in [-0.39, 0.29) is 6.09 Å². The molecule has 0 atom stereocenters. The van der Waals surface area contributed by atoms with Gasteiger partial charge in [-0.3, -0.25) is 4.68 Å². The number of benzene rings is 1. The summed E-state index contributed by atoms with van der Waals surface area (Å²) in [5.74, 6) is 1.01. The summed E-state index contributed by atoms with van der Waals surface area (Å²) >= 11 is 0. The van der Waals surface area contributed by atoms with Crippen LogP contribution in [0.2, 0.25) is 0 Å². The van der Waals surface area contributed by atoms with Crippen LogP contribution in [0.15, 0.2) is 24.3 Å². The van der Waals surface area contributed by atoms with Gasteiger partial charge in [0, 0.05) is 49.7 Å². The molecule has 3 aliphatic rings. The zero-order valence-electron chi connectivity index (χ0n) is 19.5. The summed E-state index contributed by atoms with van der Waals surface area (Å²) in [5, 5.41) is 5.21. The van der Waals surface area contributed by atoms with Crippen molar-refractivity contribution in [1.82, 2.24) is 14.7 Å². The Morgan fingerprint density at radius 3 is 2.69 bits per heavy atom. The van der Waals surface area contributed by atoms with Crippen molar-refractivity contribution < 1.29 is 14.3 Å². The van der Waals surface area contributed by atoms with E-state index < -0.39 is 5.60 Å². The first-order valence-corrected chi connectivity index (χ1v) is 11.9. The molecule has 0 aliphatic carbocycles. The number of aromatic nitrogens is 2. The second-order valence-corrected chi connectivity index (χ2v) is 10.1. The van der Waals surface area contributed by atoms with Gasteiger partial charge in [0.05, 0.1) is 12.6 Å². The summed E-state index contributed by atoms with van der Waals surface area (Å²) in [4.78, 5) is 17.1. The summed E-state index contributed by atoms with van der Waals surface area (Å²) < 4.78 is 13.6. The van der Waals surface area contributed by atoms with Crippen LogP contribution in [-0.2, 0) is 28.9 Å². The van der Waals surface area contributed by atoms with E-state index in [1.54, 1.807) is 0 Å². The molecule has 1 amide bonds. The minimum atomic E-state index is -0.502. The molecule has 7 heteroatoms. The summed E-state index contributed by atoms with van der Waals surface area (Å²) in [7, 11) is 0. The molecule has 1 aromatic carbocycles. The molecule has 2 aromatic rings. The Balaban J connectivity index is 1.53. The standard InChI is InChI=1S/C25H34N4O3/c1-25(2,3)32-24(30)27-14-10-22-20(17-27)23(26-29(22)19-11-15-31-16-12-19)28-13-6-8-18-7-4-5-9-21(18)28/h4-5,7,9,19H,6,8,10-17H2,1-3H3. The van der Waals surface area contributed by atoms with Crippen molar-refractivity contribution in [3.8, 4) is 0 Å². The highest BCUT2D eigenvalue weighted by Gasteiger charge is 2.35. The summed E-state index contributed by atoms with van der Waals surface area (Å²) in [6, 6.07) is 8.99. The number of carbonyl (C=O) groups is 1. The van der Waals surface area contributed by atoms with Crippen molar-refractivity contribution >= 4 is 17.6 Å². The predicted octanol–water partition coefficient (Wildman–Crippen LogP) is 4.61. The molecule has 0 spiro atoms. The molecule has 0 N–H and O–H groups in total. The fraction of sp³-hybridized carbons (Fsp3) is 0.600. The maximum atomic E-state index is 12.9. The van der Waals surface area contributed by atoms with E-state index in [4.69, 9.17) is 14.6 Å². The summed E-state index contributed by atoms with van der Waals surface area (Å²) in [6.45, 7) is 9.46. The number of anilines is 2. The van der Waals surface area contributed by atoms with Gasteiger partial charge in [-0.15, -0.1) is 0 Å². The van der Waals surface area contributed by atoms with E-state index in [1.807, 2.05) is 25.7 Å². The number of aryl methyl sites for hydroxylation is 1. The number of rotatable bonds is 2. The Labute approximate surface area is 190 Å². The van der Waals surface area contributed by atoms with Gasteiger partial charge in [0.25, 0.3) is 0 Å². The number of ether oxygens (including phenoxy) is 2. The Hall–Kier alpha value is -2.54. The summed E-state index contributed by atoms with van der Waals surface area (Å²) in [6.07, 6.45) is 4.73. The van der Waals surface area contributed by atoms with Crippen LogP contribution in [0, 0.1) is 0 Å². The predicted molar refractivity (Wildman–Crippen MR) is 123 cm³/mol. The zero-order chi connectivity index (χ0) is 22.3. The molecule has 5 rings (SSSR count). The van der Waals surface area contributed by atoms with Crippen LogP contribution >= 0.6 is 0 Å². The lowest BCUT2D eigenvalue weighted by Crippen LogP contribution is -2.40. The molecular formula is C25H34N4O3. The molecule has 1 aromatic heterocycles. The van der Waals surface area contributed by atoms with Crippen molar-refractivity contribution in [2.75, 3.05) is 31.2 Å². The molecule has 0 bridgehead atoms. The largest absolute Gasteiger partial charge is 0.444 e. The minimum absolute atomic E-state index is 0.244. The molecule has 1 fully saturated rings. The molecule has 3 aliphatic heterocycles. The van der Waals surface area contributed by atoms with E-state index in [9.17, 15) is 4.79 Å². The van der Waals surface area contributed by atoms with Crippen LogP contribution in [0.1, 0.15) is 62.9 Å². The van der Waals surface area contributed by atoms with E-state index in [2.05, 4.69) is 33.8 Å². The van der Waals surface area contributed by atoms with Crippen LogP contribution < -0.4 is 4.90 Å². The van der Waals surface area contributed by atoms with E-state index in [1.165, 1.54) is 22.5 Å². The van der Waals surface area contributed by atoms with Gasteiger partial charge in [0.15, 0.2) is 5.82 Å². The van der Waals surface area contributed by atoms with Gasteiger partial charge >= 0.3 is 6.09 Å². The fourth-order valence-corrected chi connectivity index (χ4v) is 5.11. The normalized spacial score (nSPS) is 19.5. The van der Waals surface area contributed by atoms with Gasteiger partial charge in [-0.2, -0.15) is 5.10 Å². The number of hydrogen-bond acceptors (Lipinski definition) is 5. The van der Waals surface area contributed by atoms with E-state index in [0.29, 0.717) is 19.1 Å². The monoisotopic (exact) mass is 438 g/mol. The SMILES string of the molecule is CC(C)(C)OC(=O)N1CCc2c(c(N3CCCc4ccccc43)nn2C2CCOCC2)C1. The first kappa shape index (κ1) is 21.3. The second kappa shape index (κ2) is 8.43. The highest BCUT2D eigenvalue weighted by molar-refractivity contribution is 5.72. The molecule has 0 radical (unpaired) electrons. The third kappa shape index (κ3) is 4.10. The van der Waals surface area contributed by atoms with Gasteiger partial charge < -0.3 is 19.3 Å². The van der Waals surface area contributed by atoms with Crippen LogP contribution in [0.3, 0.4) is 0 Å². The minimum Gasteiger partial charge on any atom is -0.444 e. The van der Waals surface area contributed by atoms with Gasteiger partial charge in [0.1, 0.15) is 5.60 Å². The molecule has 4 heterocycles. The first-order valence-electron chi connectivity index (χ1n) is 11.9. The van der Waals surface area contributed by atoms with Gasteiger partial charge in [-0.25, -0.2) is 4.79 Å². The van der Waals surface area contributed by atoms with Crippen LogP contribution in [0.5, 0.6) is 0 Å². The molecule has 0 saturated carbocycles. The summed E-state index contributed by atoms with van der Waals surface area (Å²) in [5.41, 5.74) is 4.55. The maximum absolute atomic E-state index is 12.9. The lowest BCUT2D eigenvalue weighted by atomic mass is 10.00. The fourth-order valence-electron chi connectivity index (χ4n) is 5.11. The maximum Gasteiger partial charge on any atom is 0.410 e. The molecule has 1 saturated heterocycles. The van der Waals surface area contributed by atoms with Crippen molar-refractivity contribution in [2.24, 2.45) is 0 Å². The smallest absolute Gasteiger partial charge is 0.410 e. The van der Waals surface area contributed by atoms with E-state index >= 15 is 0 Å². The number of hydrogen-bond donors (Lipinski definition) is 0. The number of amides is 1. The van der Waals surface area contributed by atoms with Crippen LogP contribution in [0.25, 0.3) is 0 Å².